The number of hydrogen-bond acceptors (Lipinski definition) is 2. The van der Waals surface area contributed by atoms with E-state index in [0.717, 1.165) is 11.3 Å². The van der Waals surface area contributed by atoms with Gasteiger partial charge in [-0.3, -0.25) is 0 Å². The van der Waals surface area contributed by atoms with Crippen molar-refractivity contribution < 1.29 is 11.2 Å². The van der Waals surface area contributed by atoms with Gasteiger partial charge in [-0.15, -0.1) is 0 Å². The SMILES string of the molecule is [2H][C@H]1c2ccccc2OC[C@@H]1O. The van der Waals surface area contributed by atoms with Crippen LogP contribution in [0.2, 0.25) is 0 Å². The Morgan fingerprint density at radius 1 is 1.55 bits per heavy atom. The lowest BCUT2D eigenvalue weighted by atomic mass is 10.1. The molecular weight excluding hydrogens is 140 g/mol. The summed E-state index contributed by atoms with van der Waals surface area (Å²) >= 11 is 0. The van der Waals surface area contributed by atoms with E-state index >= 15 is 0 Å². The van der Waals surface area contributed by atoms with Crippen LogP contribution < -0.4 is 4.74 Å². The average Bonchev–Trinajstić information content (AvgIpc) is 2.12. The topological polar surface area (TPSA) is 29.5 Å². The average molecular weight is 151 g/mol. The molecule has 1 aromatic rings. The molecule has 1 aromatic carbocycles. The second-order valence-electron chi connectivity index (χ2n) is 2.58. The maximum absolute atomic E-state index is 9.31. The minimum absolute atomic E-state index is 0.227. The number of aliphatic hydroxyl groups excluding tert-OH is 1. The molecular formula is C9H10O2. The van der Waals surface area contributed by atoms with Gasteiger partial charge in [0, 0.05) is 7.77 Å². The van der Waals surface area contributed by atoms with E-state index < -0.39 is 12.5 Å². The smallest absolute Gasteiger partial charge is 0.122 e. The summed E-state index contributed by atoms with van der Waals surface area (Å²) < 4.78 is 12.9. The summed E-state index contributed by atoms with van der Waals surface area (Å²) in [5.74, 6) is 0.725. The van der Waals surface area contributed by atoms with Crippen LogP contribution in [0.5, 0.6) is 5.75 Å². The van der Waals surface area contributed by atoms with Gasteiger partial charge in [-0.1, -0.05) is 18.2 Å². The minimum Gasteiger partial charge on any atom is -0.491 e. The van der Waals surface area contributed by atoms with Crippen molar-refractivity contribution in [1.82, 2.24) is 0 Å². The van der Waals surface area contributed by atoms with Gasteiger partial charge in [0.25, 0.3) is 0 Å². The summed E-state index contributed by atoms with van der Waals surface area (Å²) in [6.45, 7) is 0.227. The molecule has 0 radical (unpaired) electrons. The van der Waals surface area contributed by atoms with E-state index in [1.54, 1.807) is 0 Å². The maximum Gasteiger partial charge on any atom is 0.122 e. The monoisotopic (exact) mass is 151 g/mol. The molecule has 2 heteroatoms. The predicted octanol–water partition coefficient (Wildman–Crippen LogP) is 0.982. The number of benzene rings is 1. The summed E-state index contributed by atoms with van der Waals surface area (Å²) in [4.78, 5) is 0. The third-order valence-corrected chi connectivity index (χ3v) is 1.70. The molecule has 2 rings (SSSR count). The first-order chi connectivity index (χ1) is 5.79. The standard InChI is InChI=1S/C9H10O2/c10-8-5-7-3-1-2-4-9(7)11-6-8/h1-4,8,10H,5-6H2/t8-/m1/s1/i5D/t5-,8+/m0. The molecule has 0 bridgehead atoms. The first kappa shape index (κ1) is 5.61. The molecule has 2 nitrogen and oxygen atoms in total. The lowest BCUT2D eigenvalue weighted by Gasteiger charge is -2.20. The largest absolute Gasteiger partial charge is 0.491 e. The third kappa shape index (κ3) is 1.21. The van der Waals surface area contributed by atoms with Crippen LogP contribution in [-0.4, -0.2) is 17.8 Å². The molecule has 0 aromatic heterocycles. The maximum atomic E-state index is 9.31. The molecule has 1 N–H and O–H groups in total. The molecule has 0 amide bonds. The van der Waals surface area contributed by atoms with Gasteiger partial charge in [0.15, 0.2) is 0 Å². The Balaban J connectivity index is 2.42. The zero-order valence-corrected chi connectivity index (χ0v) is 6.03. The molecule has 0 saturated carbocycles. The zero-order chi connectivity index (χ0) is 8.55. The Bertz CT molecular complexity index is 288. The van der Waals surface area contributed by atoms with E-state index in [0.29, 0.717) is 0 Å². The zero-order valence-electron chi connectivity index (χ0n) is 7.03. The van der Waals surface area contributed by atoms with Crippen LogP contribution in [0.1, 0.15) is 6.93 Å². The van der Waals surface area contributed by atoms with Crippen LogP contribution in [-0.2, 0) is 6.40 Å². The number of para-hydroxylation sites is 1. The van der Waals surface area contributed by atoms with E-state index in [1.165, 1.54) is 0 Å². The van der Waals surface area contributed by atoms with E-state index in [9.17, 15) is 5.11 Å². The Kier molecular flexibility index (Phi) is 1.30. The molecule has 1 aliphatic rings. The van der Waals surface area contributed by atoms with Crippen LogP contribution in [0, 0.1) is 0 Å². The number of rotatable bonds is 0. The van der Waals surface area contributed by atoms with Crippen molar-refractivity contribution >= 4 is 0 Å². The first-order valence-corrected chi connectivity index (χ1v) is 3.61. The fourth-order valence-electron chi connectivity index (χ4n) is 1.18. The van der Waals surface area contributed by atoms with Crippen molar-refractivity contribution in [3.8, 4) is 5.75 Å². The molecule has 1 heterocycles. The summed E-state index contributed by atoms with van der Waals surface area (Å²) in [6, 6.07) is 7.35. The molecule has 1 aliphatic heterocycles. The highest BCUT2D eigenvalue weighted by molar-refractivity contribution is 5.35. The van der Waals surface area contributed by atoms with Crippen molar-refractivity contribution in [2.75, 3.05) is 6.61 Å². The van der Waals surface area contributed by atoms with Crippen molar-refractivity contribution in [1.29, 1.82) is 0 Å². The van der Waals surface area contributed by atoms with Crippen LogP contribution in [0.4, 0.5) is 0 Å². The van der Waals surface area contributed by atoms with Gasteiger partial charge in [0.1, 0.15) is 12.4 Å². The molecule has 0 spiro atoms. The number of hydrogen-bond donors (Lipinski definition) is 1. The van der Waals surface area contributed by atoms with Gasteiger partial charge in [0.05, 0.1) is 6.10 Å². The summed E-state index contributed by atoms with van der Waals surface area (Å²) in [5.41, 5.74) is 0.774. The highest BCUT2D eigenvalue weighted by atomic mass is 16.5. The normalized spacial score (nSPS) is 30.1. The fourth-order valence-corrected chi connectivity index (χ4v) is 1.18. The molecule has 2 atom stereocenters. The van der Waals surface area contributed by atoms with E-state index in [1.807, 2.05) is 24.3 Å². The molecule has 0 fully saturated rings. The minimum atomic E-state index is -0.695. The van der Waals surface area contributed by atoms with E-state index in [-0.39, 0.29) is 6.61 Å². The summed E-state index contributed by atoms with van der Waals surface area (Å²) in [6.07, 6.45) is -1.25. The highest BCUT2D eigenvalue weighted by Crippen LogP contribution is 2.23. The Morgan fingerprint density at radius 2 is 2.36 bits per heavy atom. The second kappa shape index (κ2) is 2.55. The van der Waals surface area contributed by atoms with Crippen LogP contribution in [0.25, 0.3) is 0 Å². The molecule has 58 valence electrons. The quantitative estimate of drug-likeness (QED) is 0.599. The summed E-state index contributed by atoms with van der Waals surface area (Å²) in [5, 5.41) is 9.31. The highest BCUT2D eigenvalue weighted by Gasteiger charge is 2.15. The first-order valence-electron chi connectivity index (χ1n) is 4.19. The molecule has 11 heavy (non-hydrogen) atoms. The Morgan fingerprint density at radius 3 is 3.27 bits per heavy atom. The van der Waals surface area contributed by atoms with Crippen molar-refractivity contribution in [2.24, 2.45) is 0 Å². The van der Waals surface area contributed by atoms with E-state index in [2.05, 4.69) is 0 Å². The number of aliphatic hydroxyl groups is 1. The van der Waals surface area contributed by atoms with Gasteiger partial charge >= 0.3 is 0 Å². The lowest BCUT2D eigenvalue weighted by molar-refractivity contribution is 0.0921. The van der Waals surface area contributed by atoms with E-state index in [4.69, 9.17) is 6.11 Å². The molecule has 0 unspecified atom stereocenters. The van der Waals surface area contributed by atoms with Gasteiger partial charge in [0.2, 0.25) is 0 Å². The van der Waals surface area contributed by atoms with Gasteiger partial charge < -0.3 is 9.84 Å². The van der Waals surface area contributed by atoms with Crippen molar-refractivity contribution in [3.63, 3.8) is 0 Å². The second-order valence-corrected chi connectivity index (χ2v) is 2.58. The number of fused-ring (bicyclic) bond motifs is 1. The predicted molar refractivity (Wildman–Crippen MR) is 41.6 cm³/mol. The Hall–Kier alpha value is -1.02. The number of ether oxygens (including phenoxy) is 1. The van der Waals surface area contributed by atoms with Gasteiger partial charge in [-0.25, -0.2) is 0 Å². The fraction of sp³-hybridized carbons (Fsp3) is 0.333. The lowest BCUT2D eigenvalue weighted by Crippen LogP contribution is -2.25. The molecule has 0 aliphatic carbocycles. The van der Waals surface area contributed by atoms with Crippen molar-refractivity contribution in [2.45, 2.75) is 12.5 Å². The van der Waals surface area contributed by atoms with Gasteiger partial charge in [-0.05, 0) is 11.6 Å². The molecule has 0 saturated heterocycles. The third-order valence-electron chi connectivity index (χ3n) is 1.70. The Labute approximate surface area is 66.8 Å². The van der Waals surface area contributed by atoms with Gasteiger partial charge in [-0.2, -0.15) is 0 Å². The van der Waals surface area contributed by atoms with Crippen LogP contribution in [0.3, 0.4) is 0 Å². The summed E-state index contributed by atoms with van der Waals surface area (Å²) in [7, 11) is 0. The van der Waals surface area contributed by atoms with Crippen LogP contribution >= 0.6 is 0 Å². The van der Waals surface area contributed by atoms with Crippen molar-refractivity contribution in [3.05, 3.63) is 29.8 Å². The van der Waals surface area contributed by atoms with Crippen LogP contribution in [0.15, 0.2) is 24.3 Å².